The van der Waals surface area contributed by atoms with Gasteiger partial charge in [-0.15, -0.1) is 0 Å². The van der Waals surface area contributed by atoms with E-state index < -0.39 is 0 Å². The maximum atomic E-state index is 13.0. The van der Waals surface area contributed by atoms with Crippen molar-refractivity contribution in [2.24, 2.45) is 7.05 Å². The van der Waals surface area contributed by atoms with E-state index in [1.807, 2.05) is 35.8 Å². The van der Waals surface area contributed by atoms with E-state index in [1.54, 1.807) is 14.2 Å². The van der Waals surface area contributed by atoms with Gasteiger partial charge in [0.2, 0.25) is 11.2 Å². The summed E-state index contributed by atoms with van der Waals surface area (Å²) in [7, 11) is 3.35. The molecule has 0 aliphatic carbocycles. The summed E-state index contributed by atoms with van der Waals surface area (Å²) in [5, 5.41) is 0. The number of hydrogen-bond acceptors (Lipinski definition) is 4. The van der Waals surface area contributed by atoms with Crippen LogP contribution in [0.3, 0.4) is 0 Å². The number of aromatic nitrogens is 4. The Hall–Kier alpha value is -3.03. The summed E-state index contributed by atoms with van der Waals surface area (Å²) < 4.78 is 10.1. The first-order chi connectivity index (χ1) is 13.1. The number of aryl methyl sites for hydroxylation is 2. The Labute approximate surface area is 156 Å². The average molecular weight is 370 g/mol. The van der Waals surface area contributed by atoms with E-state index in [0.717, 1.165) is 43.3 Å². The van der Waals surface area contributed by atoms with Gasteiger partial charge in [-0.3, -0.25) is 13.9 Å². The van der Waals surface area contributed by atoms with Crippen LogP contribution in [0.5, 0.6) is 5.75 Å². The van der Waals surface area contributed by atoms with Crippen molar-refractivity contribution in [1.29, 1.82) is 0 Å². The van der Waals surface area contributed by atoms with Crippen molar-refractivity contribution in [2.45, 2.75) is 32.9 Å². The molecule has 8 heteroatoms. The molecule has 8 nitrogen and oxygen atoms in total. The van der Waals surface area contributed by atoms with Crippen LogP contribution >= 0.6 is 0 Å². The Morgan fingerprint density at radius 3 is 2.63 bits per heavy atom. The minimum absolute atomic E-state index is 0.228. The fraction of sp³-hybridized carbons (Fsp3) is 0.421. The summed E-state index contributed by atoms with van der Waals surface area (Å²) in [6.45, 7) is 3.95. The van der Waals surface area contributed by atoms with E-state index in [2.05, 4.69) is 9.88 Å². The number of aromatic amines is 1. The lowest BCUT2D eigenvalue weighted by molar-refractivity contribution is -0.663. The minimum atomic E-state index is -0.287. The zero-order valence-corrected chi connectivity index (χ0v) is 15.9. The number of ether oxygens (including phenoxy) is 1. The van der Waals surface area contributed by atoms with Crippen LogP contribution in [0.15, 0.2) is 33.9 Å². The molecule has 1 aliphatic rings. The van der Waals surface area contributed by atoms with Gasteiger partial charge < -0.3 is 4.74 Å². The normalized spacial score (nSPS) is 13.8. The van der Waals surface area contributed by atoms with Crippen LogP contribution in [0, 0.1) is 0 Å². The lowest BCUT2D eigenvalue weighted by atomic mass is 10.2. The van der Waals surface area contributed by atoms with E-state index in [4.69, 9.17) is 4.74 Å². The summed E-state index contributed by atoms with van der Waals surface area (Å²) in [5.74, 6) is 1.62. The molecule has 1 N–H and O–H groups in total. The van der Waals surface area contributed by atoms with Crippen molar-refractivity contribution in [2.75, 3.05) is 18.6 Å². The molecule has 0 unspecified atom stereocenters. The SMILES string of the molecule is CCCn1c(=O)c2c([nH]c3[n+]2CCCN3c2ccc(OC)cc2)n(C)c1=O. The largest absolute Gasteiger partial charge is 0.497 e. The van der Waals surface area contributed by atoms with Crippen LogP contribution in [0.2, 0.25) is 0 Å². The number of fused-ring (bicyclic) bond motifs is 3. The molecule has 0 saturated carbocycles. The molecule has 27 heavy (non-hydrogen) atoms. The van der Waals surface area contributed by atoms with Gasteiger partial charge >= 0.3 is 11.6 Å². The predicted molar refractivity (Wildman–Crippen MR) is 103 cm³/mol. The second kappa shape index (κ2) is 6.61. The molecule has 0 bridgehead atoms. The monoisotopic (exact) mass is 370 g/mol. The maximum Gasteiger partial charge on any atom is 0.364 e. The van der Waals surface area contributed by atoms with Crippen LogP contribution in [0.25, 0.3) is 11.2 Å². The molecular weight excluding hydrogens is 346 g/mol. The molecule has 1 aliphatic heterocycles. The zero-order valence-electron chi connectivity index (χ0n) is 15.9. The van der Waals surface area contributed by atoms with E-state index in [-0.39, 0.29) is 11.2 Å². The Kier molecular flexibility index (Phi) is 4.25. The van der Waals surface area contributed by atoms with Crippen LogP contribution in [0.4, 0.5) is 11.6 Å². The molecule has 0 atom stereocenters. The molecule has 0 spiro atoms. The first-order valence-corrected chi connectivity index (χ1v) is 9.23. The minimum Gasteiger partial charge on any atom is -0.497 e. The molecule has 1 aromatic carbocycles. The Bertz CT molecular complexity index is 1110. The molecule has 0 radical (unpaired) electrons. The second-order valence-electron chi connectivity index (χ2n) is 6.80. The number of hydrogen-bond donors (Lipinski definition) is 1. The maximum absolute atomic E-state index is 13.0. The van der Waals surface area contributed by atoms with Crippen molar-refractivity contribution in [3.05, 3.63) is 45.1 Å². The highest BCUT2D eigenvalue weighted by Gasteiger charge is 2.33. The summed E-state index contributed by atoms with van der Waals surface area (Å²) in [6.07, 6.45) is 1.64. The van der Waals surface area contributed by atoms with Crippen LogP contribution < -0.4 is 25.5 Å². The van der Waals surface area contributed by atoms with Crippen molar-refractivity contribution in [3.63, 3.8) is 0 Å². The van der Waals surface area contributed by atoms with Crippen LogP contribution in [-0.2, 0) is 20.1 Å². The number of anilines is 2. The van der Waals surface area contributed by atoms with Crippen molar-refractivity contribution >= 4 is 22.8 Å². The highest BCUT2D eigenvalue weighted by molar-refractivity contribution is 5.70. The zero-order chi connectivity index (χ0) is 19.1. The van der Waals surface area contributed by atoms with Crippen molar-refractivity contribution < 1.29 is 9.30 Å². The molecule has 4 rings (SSSR count). The molecule has 3 aromatic rings. The van der Waals surface area contributed by atoms with Crippen molar-refractivity contribution in [3.8, 4) is 5.75 Å². The number of nitrogens with zero attached hydrogens (tertiary/aromatic N) is 4. The topological polar surface area (TPSA) is 76.1 Å². The van der Waals surface area contributed by atoms with Crippen LogP contribution in [0.1, 0.15) is 19.8 Å². The van der Waals surface area contributed by atoms with E-state index in [0.29, 0.717) is 17.7 Å². The fourth-order valence-corrected chi connectivity index (χ4v) is 3.78. The van der Waals surface area contributed by atoms with E-state index >= 15 is 0 Å². The summed E-state index contributed by atoms with van der Waals surface area (Å²) >= 11 is 0. The Morgan fingerprint density at radius 2 is 1.96 bits per heavy atom. The highest BCUT2D eigenvalue weighted by Crippen LogP contribution is 2.27. The molecule has 0 fully saturated rings. The molecule has 2 aromatic heterocycles. The quantitative estimate of drug-likeness (QED) is 0.702. The van der Waals surface area contributed by atoms with Gasteiger partial charge in [0.15, 0.2) is 0 Å². The van der Waals surface area contributed by atoms with Crippen molar-refractivity contribution in [1.82, 2.24) is 14.1 Å². The lowest BCUT2D eigenvalue weighted by Crippen LogP contribution is -2.49. The van der Waals surface area contributed by atoms with Gasteiger partial charge in [0, 0.05) is 20.0 Å². The van der Waals surface area contributed by atoms with Gasteiger partial charge in [0.1, 0.15) is 11.4 Å². The first kappa shape index (κ1) is 17.4. The number of methoxy groups -OCH3 is 1. The second-order valence-corrected chi connectivity index (χ2v) is 6.80. The molecule has 3 heterocycles. The third kappa shape index (κ3) is 2.63. The summed E-state index contributed by atoms with van der Waals surface area (Å²) in [4.78, 5) is 31.1. The van der Waals surface area contributed by atoms with Gasteiger partial charge in [-0.05, 0) is 30.7 Å². The molecular formula is C19H24N5O3+. The third-order valence-electron chi connectivity index (χ3n) is 5.13. The Balaban J connectivity index is 1.93. The summed E-state index contributed by atoms with van der Waals surface area (Å²) in [6, 6.07) is 7.82. The highest BCUT2D eigenvalue weighted by atomic mass is 16.5. The standard InChI is InChI=1S/C19H23N5O3/c1-4-10-24-17(25)15-16(21(2)19(24)26)20-18-22(11-5-12-23(15)18)13-6-8-14(27-3)9-7-13/h6-9H,4-5,10-12H2,1-3H3/p+1. The molecule has 0 saturated heterocycles. The number of rotatable bonds is 4. The average Bonchev–Trinajstić information content (AvgIpc) is 3.09. The van der Waals surface area contributed by atoms with Gasteiger partial charge in [-0.1, -0.05) is 6.92 Å². The predicted octanol–water partition coefficient (Wildman–Crippen LogP) is 1.28. The smallest absolute Gasteiger partial charge is 0.364 e. The third-order valence-corrected chi connectivity index (χ3v) is 5.13. The van der Waals surface area contributed by atoms with E-state index in [9.17, 15) is 9.59 Å². The number of benzene rings is 1. The fourth-order valence-electron chi connectivity index (χ4n) is 3.78. The first-order valence-electron chi connectivity index (χ1n) is 9.23. The molecule has 142 valence electrons. The molecule has 0 amide bonds. The number of H-pyrrole nitrogens is 1. The Morgan fingerprint density at radius 1 is 1.22 bits per heavy atom. The number of imidazole rings is 1. The van der Waals surface area contributed by atoms with E-state index in [1.165, 1.54) is 9.13 Å². The number of nitrogens with one attached hydrogen (secondary N) is 1. The summed E-state index contributed by atoms with van der Waals surface area (Å²) in [5.41, 5.74) is 1.61. The van der Waals surface area contributed by atoms with Gasteiger partial charge in [0.05, 0.1) is 20.2 Å². The lowest BCUT2D eigenvalue weighted by Gasteiger charge is -2.22. The van der Waals surface area contributed by atoms with Gasteiger partial charge in [-0.2, -0.15) is 0 Å². The van der Waals surface area contributed by atoms with Gasteiger partial charge in [-0.25, -0.2) is 19.2 Å². The van der Waals surface area contributed by atoms with Gasteiger partial charge in [0.25, 0.3) is 5.56 Å². The van der Waals surface area contributed by atoms with Crippen LogP contribution in [-0.4, -0.2) is 27.8 Å².